The van der Waals surface area contributed by atoms with E-state index >= 15 is 0 Å². The summed E-state index contributed by atoms with van der Waals surface area (Å²) in [5.41, 5.74) is 10.3. The number of rotatable bonds is 15. The molecular weight excluding hydrogens is 484 g/mol. The molecular formula is C29H38N4O5. The van der Waals surface area contributed by atoms with Crippen molar-refractivity contribution in [3.8, 4) is 16.9 Å². The Morgan fingerprint density at radius 3 is 2.18 bits per heavy atom. The van der Waals surface area contributed by atoms with Crippen molar-refractivity contribution in [3.05, 3.63) is 66.4 Å². The van der Waals surface area contributed by atoms with Gasteiger partial charge in [-0.25, -0.2) is 4.98 Å². The number of carbonyl (C=O) groups excluding carboxylic acids is 1. The van der Waals surface area contributed by atoms with Crippen molar-refractivity contribution in [2.45, 2.75) is 20.3 Å². The molecule has 204 valence electrons. The molecule has 9 heteroatoms. The first-order valence-corrected chi connectivity index (χ1v) is 13.0. The Kier molecular flexibility index (Phi) is 12.4. The SMILES string of the molecule is CC.Nc1ccc(OCCOCCOCCOCCNc2ccc(-c3ccc4c(c3)CC(=O)N4)cn2)cc1. The maximum atomic E-state index is 11.5. The van der Waals surface area contributed by atoms with Crippen LogP contribution in [-0.4, -0.2) is 63.7 Å². The number of pyridine rings is 1. The first kappa shape index (κ1) is 28.9. The van der Waals surface area contributed by atoms with Crippen molar-refractivity contribution in [1.82, 2.24) is 4.98 Å². The Balaban J connectivity index is 0.00000195. The molecule has 0 fully saturated rings. The highest BCUT2D eigenvalue weighted by molar-refractivity contribution is 5.99. The molecule has 3 aromatic rings. The summed E-state index contributed by atoms with van der Waals surface area (Å²) in [6.45, 7) is 8.23. The van der Waals surface area contributed by atoms with Gasteiger partial charge in [-0.1, -0.05) is 19.9 Å². The van der Waals surface area contributed by atoms with Crippen molar-refractivity contribution < 1.29 is 23.7 Å². The van der Waals surface area contributed by atoms with Gasteiger partial charge >= 0.3 is 0 Å². The van der Waals surface area contributed by atoms with Gasteiger partial charge in [-0.05, 0) is 59.7 Å². The van der Waals surface area contributed by atoms with Crippen molar-refractivity contribution in [1.29, 1.82) is 0 Å². The lowest BCUT2D eigenvalue weighted by Gasteiger charge is -2.09. The summed E-state index contributed by atoms with van der Waals surface area (Å²) < 4.78 is 22.1. The third kappa shape index (κ3) is 9.66. The van der Waals surface area contributed by atoms with Crippen molar-refractivity contribution >= 4 is 23.1 Å². The Morgan fingerprint density at radius 2 is 1.50 bits per heavy atom. The number of anilines is 3. The van der Waals surface area contributed by atoms with Gasteiger partial charge in [0, 0.05) is 29.7 Å². The average Bonchev–Trinajstić information content (AvgIpc) is 3.33. The molecule has 4 N–H and O–H groups in total. The maximum Gasteiger partial charge on any atom is 0.228 e. The number of ether oxygens (including phenoxy) is 4. The van der Waals surface area contributed by atoms with Crippen LogP contribution in [0.5, 0.6) is 5.75 Å². The Morgan fingerprint density at radius 1 is 0.842 bits per heavy atom. The molecule has 1 aliphatic heterocycles. The Hall–Kier alpha value is -3.66. The summed E-state index contributed by atoms with van der Waals surface area (Å²) in [5, 5.41) is 6.10. The standard InChI is InChI=1S/C27H32N4O5.C2H6/c28-23-3-5-24(6-4-23)36-16-15-35-14-13-34-12-11-33-10-9-29-26-8-2-21(19-30-26)20-1-7-25-22(17-20)18-27(32)31-25;1-2/h1-8,17,19H,9-16,18,28H2,(H,29,30)(H,31,32);1-2H3. The first-order valence-electron chi connectivity index (χ1n) is 13.0. The minimum atomic E-state index is 0.0374. The molecule has 1 amide bonds. The molecule has 0 saturated heterocycles. The minimum absolute atomic E-state index is 0.0374. The third-order valence-corrected chi connectivity index (χ3v) is 5.50. The van der Waals surface area contributed by atoms with Crippen LogP contribution in [0.25, 0.3) is 11.1 Å². The van der Waals surface area contributed by atoms with E-state index < -0.39 is 0 Å². The number of nitrogens with zero attached hydrogens (tertiary/aromatic N) is 1. The predicted octanol–water partition coefficient (Wildman–Crippen LogP) is 4.39. The molecule has 4 rings (SSSR count). The number of hydrogen-bond donors (Lipinski definition) is 3. The number of benzene rings is 2. The summed E-state index contributed by atoms with van der Waals surface area (Å²) in [6.07, 6.45) is 2.26. The van der Waals surface area contributed by atoms with E-state index in [-0.39, 0.29) is 5.91 Å². The highest BCUT2D eigenvalue weighted by Crippen LogP contribution is 2.29. The number of hydrogen-bond acceptors (Lipinski definition) is 8. The molecule has 9 nitrogen and oxygen atoms in total. The van der Waals surface area contributed by atoms with Crippen molar-refractivity contribution in [2.24, 2.45) is 0 Å². The molecule has 0 radical (unpaired) electrons. The average molecular weight is 523 g/mol. The lowest BCUT2D eigenvalue weighted by molar-refractivity contribution is -0.115. The summed E-state index contributed by atoms with van der Waals surface area (Å²) in [4.78, 5) is 16.0. The quantitative estimate of drug-likeness (QED) is 0.199. The molecule has 0 saturated carbocycles. The van der Waals surface area contributed by atoms with E-state index in [2.05, 4.69) is 15.6 Å². The second-order valence-corrected chi connectivity index (χ2v) is 8.21. The van der Waals surface area contributed by atoms with E-state index in [1.54, 1.807) is 12.1 Å². The van der Waals surface area contributed by atoms with Crippen LogP contribution >= 0.6 is 0 Å². The predicted molar refractivity (Wildman–Crippen MR) is 151 cm³/mol. The van der Waals surface area contributed by atoms with Crippen LogP contribution in [0.15, 0.2) is 60.8 Å². The molecule has 38 heavy (non-hydrogen) atoms. The number of nitrogen functional groups attached to an aromatic ring is 1. The van der Waals surface area contributed by atoms with Gasteiger partial charge in [0.1, 0.15) is 18.2 Å². The fraction of sp³-hybridized carbons (Fsp3) is 0.379. The molecule has 0 unspecified atom stereocenters. The van der Waals surface area contributed by atoms with Crippen LogP contribution in [0.3, 0.4) is 0 Å². The van der Waals surface area contributed by atoms with Crippen LogP contribution in [0.1, 0.15) is 19.4 Å². The number of amides is 1. The number of aromatic nitrogens is 1. The zero-order valence-electron chi connectivity index (χ0n) is 22.2. The smallest absolute Gasteiger partial charge is 0.228 e. The molecule has 1 aliphatic rings. The second kappa shape index (κ2) is 16.2. The molecule has 0 spiro atoms. The molecule has 0 bridgehead atoms. The van der Waals surface area contributed by atoms with E-state index in [9.17, 15) is 4.79 Å². The van der Waals surface area contributed by atoms with E-state index in [1.807, 2.05) is 62.5 Å². The Bertz CT molecular complexity index is 1110. The van der Waals surface area contributed by atoms with Crippen LogP contribution in [0.4, 0.5) is 17.2 Å². The second-order valence-electron chi connectivity index (χ2n) is 8.21. The molecule has 1 aromatic heterocycles. The molecule has 0 aliphatic carbocycles. The molecule has 2 aromatic carbocycles. The van der Waals surface area contributed by atoms with E-state index in [0.717, 1.165) is 33.9 Å². The fourth-order valence-corrected chi connectivity index (χ4v) is 3.65. The summed E-state index contributed by atoms with van der Waals surface area (Å²) >= 11 is 0. The number of nitrogens with two attached hydrogens (primary N) is 1. The Labute approximate surface area is 224 Å². The van der Waals surface area contributed by atoms with Gasteiger partial charge in [-0.15, -0.1) is 0 Å². The summed E-state index contributed by atoms with van der Waals surface area (Å²) in [6, 6.07) is 17.2. The number of fused-ring (bicyclic) bond motifs is 1. The van der Waals surface area contributed by atoms with E-state index in [4.69, 9.17) is 24.7 Å². The van der Waals surface area contributed by atoms with Gasteiger partial charge in [-0.2, -0.15) is 0 Å². The minimum Gasteiger partial charge on any atom is -0.491 e. The zero-order valence-corrected chi connectivity index (χ0v) is 22.2. The summed E-state index contributed by atoms with van der Waals surface area (Å²) in [7, 11) is 0. The molecule has 0 atom stereocenters. The molecule has 2 heterocycles. The van der Waals surface area contributed by atoms with Crippen LogP contribution in [0, 0.1) is 0 Å². The highest BCUT2D eigenvalue weighted by atomic mass is 16.6. The van der Waals surface area contributed by atoms with Gasteiger partial charge in [0.15, 0.2) is 0 Å². The van der Waals surface area contributed by atoms with Crippen molar-refractivity contribution in [3.63, 3.8) is 0 Å². The highest BCUT2D eigenvalue weighted by Gasteiger charge is 2.17. The van der Waals surface area contributed by atoms with E-state index in [0.29, 0.717) is 64.9 Å². The van der Waals surface area contributed by atoms with Gasteiger partial charge in [0.2, 0.25) is 5.91 Å². The number of nitrogens with one attached hydrogen (secondary N) is 2. The van der Waals surface area contributed by atoms with Crippen LogP contribution in [0.2, 0.25) is 0 Å². The fourth-order valence-electron chi connectivity index (χ4n) is 3.65. The largest absolute Gasteiger partial charge is 0.491 e. The van der Waals surface area contributed by atoms with Crippen LogP contribution in [-0.2, 0) is 25.4 Å². The maximum absolute atomic E-state index is 11.5. The topological polar surface area (TPSA) is 117 Å². The van der Waals surface area contributed by atoms with E-state index in [1.165, 1.54) is 0 Å². The summed E-state index contributed by atoms with van der Waals surface area (Å²) in [5.74, 6) is 1.60. The lowest BCUT2D eigenvalue weighted by Crippen LogP contribution is -2.15. The lowest BCUT2D eigenvalue weighted by atomic mass is 10.0. The number of carbonyl (C=O) groups is 1. The van der Waals surface area contributed by atoms with Gasteiger partial charge in [0.05, 0.1) is 46.1 Å². The van der Waals surface area contributed by atoms with Gasteiger partial charge < -0.3 is 35.3 Å². The third-order valence-electron chi connectivity index (χ3n) is 5.50. The first-order chi connectivity index (χ1) is 18.7. The van der Waals surface area contributed by atoms with Gasteiger partial charge in [0.25, 0.3) is 0 Å². The zero-order chi connectivity index (χ0) is 27.0. The van der Waals surface area contributed by atoms with Gasteiger partial charge in [-0.3, -0.25) is 4.79 Å². The monoisotopic (exact) mass is 522 g/mol. The normalized spacial score (nSPS) is 11.8. The van der Waals surface area contributed by atoms with Crippen molar-refractivity contribution in [2.75, 3.05) is 69.2 Å². The van der Waals surface area contributed by atoms with Crippen LogP contribution < -0.4 is 21.1 Å².